The zero-order valence-electron chi connectivity index (χ0n) is 13.3. The zero-order chi connectivity index (χ0) is 18.4. The summed E-state index contributed by atoms with van der Waals surface area (Å²) in [7, 11) is -3.95. The Morgan fingerprint density at radius 3 is 2.16 bits per heavy atom. The van der Waals surface area contributed by atoms with Crippen LogP contribution < -0.4 is 0 Å². The van der Waals surface area contributed by atoms with E-state index in [0.29, 0.717) is 0 Å². The molecule has 132 valence electrons. The molecule has 1 N–H and O–H groups in total. The minimum absolute atomic E-state index is 0.000601. The first kappa shape index (κ1) is 18.6. The first-order chi connectivity index (χ1) is 11.8. The summed E-state index contributed by atoms with van der Waals surface area (Å²) in [5, 5.41) is 9.03. The SMILES string of the molecule is Cc1ccc(S(=O)(=O)OCCOC(=O)c2ccccc2C(=O)O)cc1. The number of aromatic carboxylic acids is 1. The summed E-state index contributed by atoms with van der Waals surface area (Å²) >= 11 is 0. The van der Waals surface area contributed by atoms with Gasteiger partial charge in [-0.3, -0.25) is 4.18 Å². The van der Waals surface area contributed by atoms with Gasteiger partial charge < -0.3 is 9.84 Å². The summed E-state index contributed by atoms with van der Waals surface area (Å²) in [5.41, 5.74) is 0.599. The normalized spacial score (nSPS) is 11.1. The third-order valence-electron chi connectivity index (χ3n) is 3.24. The Kier molecular flexibility index (Phi) is 5.89. The highest BCUT2D eigenvalue weighted by atomic mass is 32.2. The van der Waals surface area contributed by atoms with Crippen LogP contribution in [0.2, 0.25) is 0 Å². The quantitative estimate of drug-likeness (QED) is 0.456. The number of esters is 1. The lowest BCUT2D eigenvalue weighted by Crippen LogP contribution is -2.16. The molecule has 0 aromatic heterocycles. The van der Waals surface area contributed by atoms with Crippen LogP contribution in [-0.2, 0) is 19.0 Å². The third kappa shape index (κ3) is 4.88. The number of hydrogen-bond acceptors (Lipinski definition) is 6. The molecule has 25 heavy (non-hydrogen) atoms. The van der Waals surface area contributed by atoms with E-state index in [1.807, 2.05) is 6.92 Å². The number of carboxylic acids is 1. The molecular formula is C17H16O7S. The maximum Gasteiger partial charge on any atom is 0.339 e. The molecule has 2 aromatic rings. The van der Waals surface area contributed by atoms with Gasteiger partial charge in [0.25, 0.3) is 10.1 Å². The fourth-order valence-electron chi connectivity index (χ4n) is 1.98. The fraction of sp³-hybridized carbons (Fsp3) is 0.176. The van der Waals surface area contributed by atoms with Crippen molar-refractivity contribution < 1.29 is 32.0 Å². The molecular weight excluding hydrogens is 348 g/mol. The van der Waals surface area contributed by atoms with Crippen molar-refractivity contribution in [3.63, 3.8) is 0 Å². The molecule has 8 heteroatoms. The van der Waals surface area contributed by atoms with Crippen molar-refractivity contribution in [3.8, 4) is 0 Å². The maximum atomic E-state index is 12.0. The molecule has 0 aliphatic carbocycles. The van der Waals surface area contributed by atoms with Gasteiger partial charge in [-0.2, -0.15) is 8.42 Å². The molecule has 0 unspecified atom stereocenters. The van der Waals surface area contributed by atoms with Gasteiger partial charge in [-0.1, -0.05) is 29.8 Å². The highest BCUT2D eigenvalue weighted by Crippen LogP contribution is 2.14. The molecule has 0 saturated heterocycles. The molecule has 0 aliphatic rings. The molecule has 0 amide bonds. The van der Waals surface area contributed by atoms with Crippen LogP contribution in [0.5, 0.6) is 0 Å². The number of benzene rings is 2. The van der Waals surface area contributed by atoms with Crippen LogP contribution >= 0.6 is 0 Å². The van der Waals surface area contributed by atoms with Gasteiger partial charge in [0.1, 0.15) is 13.2 Å². The Bertz CT molecular complexity index is 870. The van der Waals surface area contributed by atoms with Gasteiger partial charge in [-0.15, -0.1) is 0 Å². The highest BCUT2D eigenvalue weighted by molar-refractivity contribution is 7.86. The summed E-state index contributed by atoms with van der Waals surface area (Å²) in [6.07, 6.45) is 0. The molecule has 0 bridgehead atoms. The van der Waals surface area contributed by atoms with E-state index in [2.05, 4.69) is 0 Å². The molecule has 0 radical (unpaired) electrons. The Morgan fingerprint density at radius 1 is 0.960 bits per heavy atom. The number of carbonyl (C=O) groups excluding carboxylic acids is 1. The van der Waals surface area contributed by atoms with E-state index >= 15 is 0 Å². The first-order valence-electron chi connectivity index (χ1n) is 7.27. The van der Waals surface area contributed by atoms with E-state index in [4.69, 9.17) is 14.0 Å². The molecule has 2 aromatic carbocycles. The molecule has 2 rings (SSSR count). The largest absolute Gasteiger partial charge is 0.478 e. The Hall–Kier alpha value is -2.71. The average molecular weight is 364 g/mol. The maximum absolute atomic E-state index is 12.0. The average Bonchev–Trinajstić information content (AvgIpc) is 2.59. The van der Waals surface area contributed by atoms with Crippen LogP contribution in [0.15, 0.2) is 53.4 Å². The Labute approximate surface area is 144 Å². The van der Waals surface area contributed by atoms with E-state index in [-0.39, 0.29) is 29.2 Å². The molecule has 0 heterocycles. The van der Waals surface area contributed by atoms with Crippen LogP contribution in [0, 0.1) is 6.92 Å². The minimum Gasteiger partial charge on any atom is -0.478 e. The molecule has 0 saturated carbocycles. The first-order valence-corrected chi connectivity index (χ1v) is 8.67. The second-order valence-corrected chi connectivity index (χ2v) is 6.69. The van der Waals surface area contributed by atoms with Crippen molar-refractivity contribution in [1.82, 2.24) is 0 Å². The highest BCUT2D eigenvalue weighted by Gasteiger charge is 2.18. The standard InChI is InChI=1S/C17H16O7S/c1-12-6-8-13(9-7-12)25(21,22)24-11-10-23-17(20)15-5-3-2-4-14(15)16(18)19/h2-9H,10-11H2,1H3,(H,18,19). The van der Waals surface area contributed by atoms with Gasteiger partial charge in [0.15, 0.2) is 0 Å². The van der Waals surface area contributed by atoms with E-state index in [1.54, 1.807) is 12.1 Å². The van der Waals surface area contributed by atoms with Gasteiger partial charge in [-0.25, -0.2) is 9.59 Å². The van der Waals surface area contributed by atoms with Crippen molar-refractivity contribution >= 4 is 22.1 Å². The number of ether oxygens (including phenoxy) is 1. The number of hydrogen-bond donors (Lipinski definition) is 1. The van der Waals surface area contributed by atoms with Crippen LogP contribution in [0.25, 0.3) is 0 Å². The number of rotatable bonds is 7. The summed E-state index contributed by atoms with van der Waals surface area (Å²) in [6.45, 7) is 1.11. The van der Waals surface area contributed by atoms with Gasteiger partial charge in [-0.05, 0) is 31.2 Å². The monoisotopic (exact) mass is 364 g/mol. The lowest BCUT2D eigenvalue weighted by atomic mass is 10.1. The van der Waals surface area contributed by atoms with Crippen LogP contribution in [-0.4, -0.2) is 38.7 Å². The van der Waals surface area contributed by atoms with Crippen LogP contribution in [0.4, 0.5) is 0 Å². The van der Waals surface area contributed by atoms with E-state index in [9.17, 15) is 18.0 Å². The minimum atomic E-state index is -3.95. The number of carbonyl (C=O) groups is 2. The van der Waals surface area contributed by atoms with E-state index in [0.717, 1.165) is 5.56 Å². The summed E-state index contributed by atoms with van der Waals surface area (Å²) in [4.78, 5) is 23.0. The van der Waals surface area contributed by atoms with Crippen molar-refractivity contribution in [2.45, 2.75) is 11.8 Å². The predicted molar refractivity (Wildman–Crippen MR) is 88.0 cm³/mol. The van der Waals surface area contributed by atoms with Crippen molar-refractivity contribution in [1.29, 1.82) is 0 Å². The zero-order valence-corrected chi connectivity index (χ0v) is 14.2. The van der Waals surface area contributed by atoms with Crippen molar-refractivity contribution in [2.24, 2.45) is 0 Å². The van der Waals surface area contributed by atoms with Gasteiger partial charge >= 0.3 is 11.9 Å². The van der Waals surface area contributed by atoms with Crippen LogP contribution in [0.3, 0.4) is 0 Å². The van der Waals surface area contributed by atoms with Crippen molar-refractivity contribution in [3.05, 3.63) is 65.2 Å². The molecule has 7 nitrogen and oxygen atoms in total. The molecule has 0 atom stereocenters. The van der Waals surface area contributed by atoms with Crippen molar-refractivity contribution in [2.75, 3.05) is 13.2 Å². The van der Waals surface area contributed by atoms with Crippen LogP contribution in [0.1, 0.15) is 26.3 Å². The summed E-state index contributed by atoms with van der Waals surface area (Å²) in [5.74, 6) is -2.12. The molecule has 0 aliphatic heterocycles. The van der Waals surface area contributed by atoms with Gasteiger partial charge in [0, 0.05) is 0 Å². The fourth-order valence-corrected chi connectivity index (χ4v) is 2.87. The third-order valence-corrected chi connectivity index (χ3v) is 4.57. The smallest absolute Gasteiger partial charge is 0.339 e. The number of carboxylic acid groups (broad SMARTS) is 1. The lowest BCUT2D eigenvalue weighted by Gasteiger charge is -2.08. The lowest BCUT2D eigenvalue weighted by molar-refractivity contribution is 0.0445. The van der Waals surface area contributed by atoms with E-state index < -0.39 is 22.1 Å². The Morgan fingerprint density at radius 2 is 1.56 bits per heavy atom. The molecule has 0 spiro atoms. The molecule has 0 fully saturated rings. The van der Waals surface area contributed by atoms with Gasteiger partial charge in [0.2, 0.25) is 0 Å². The summed E-state index contributed by atoms with van der Waals surface area (Å²) in [6, 6.07) is 11.7. The Balaban J connectivity index is 1.92. The van der Waals surface area contributed by atoms with E-state index in [1.165, 1.54) is 36.4 Å². The summed E-state index contributed by atoms with van der Waals surface area (Å²) < 4.78 is 33.6. The number of aryl methyl sites for hydroxylation is 1. The topological polar surface area (TPSA) is 107 Å². The second kappa shape index (κ2) is 7.91. The van der Waals surface area contributed by atoms with Gasteiger partial charge in [0.05, 0.1) is 16.0 Å². The predicted octanol–water partition coefficient (Wildman–Crippen LogP) is 2.26. The second-order valence-electron chi connectivity index (χ2n) is 5.08.